The van der Waals surface area contributed by atoms with E-state index in [0.29, 0.717) is 29.2 Å². The van der Waals surface area contributed by atoms with Crippen molar-refractivity contribution >= 4 is 37.5 Å². The van der Waals surface area contributed by atoms with Crippen LogP contribution in [0, 0.1) is 5.82 Å². The average molecular weight is 478 g/mol. The Bertz CT molecular complexity index is 1310. The molecule has 0 radical (unpaired) electrons. The van der Waals surface area contributed by atoms with E-state index in [-0.39, 0.29) is 22.4 Å². The number of benzene rings is 2. The van der Waals surface area contributed by atoms with Crippen LogP contribution in [0.5, 0.6) is 0 Å². The molecule has 1 aliphatic rings. The first-order valence-corrected chi connectivity index (χ1v) is 12.6. The van der Waals surface area contributed by atoms with Crippen molar-refractivity contribution in [2.75, 3.05) is 20.2 Å². The number of likely N-dealkylation sites (N-methyl/N-ethyl adjacent to an activating group) is 1. The highest BCUT2D eigenvalue weighted by molar-refractivity contribution is 7.89. The molecule has 1 fully saturated rings. The zero-order valence-electron chi connectivity index (χ0n) is 17.8. The van der Waals surface area contributed by atoms with Crippen molar-refractivity contribution in [1.29, 1.82) is 0 Å². The van der Waals surface area contributed by atoms with Crippen molar-refractivity contribution in [3.05, 3.63) is 58.6 Å². The van der Waals surface area contributed by atoms with Crippen molar-refractivity contribution in [1.82, 2.24) is 8.87 Å². The van der Waals surface area contributed by atoms with Crippen LogP contribution in [0.1, 0.15) is 30.1 Å². The van der Waals surface area contributed by atoms with Crippen molar-refractivity contribution < 1.29 is 22.3 Å². The second kappa shape index (κ2) is 9.22. The number of amides is 1. The van der Waals surface area contributed by atoms with Gasteiger partial charge in [-0.3, -0.25) is 4.79 Å². The van der Waals surface area contributed by atoms with Crippen molar-refractivity contribution in [2.45, 2.75) is 37.3 Å². The molecule has 170 valence electrons. The molecule has 2 aromatic carbocycles. The van der Waals surface area contributed by atoms with Gasteiger partial charge in [-0.25, -0.2) is 12.8 Å². The van der Waals surface area contributed by atoms with Gasteiger partial charge in [-0.15, -0.1) is 0 Å². The van der Waals surface area contributed by atoms with Gasteiger partial charge in [0.1, 0.15) is 5.82 Å². The summed E-state index contributed by atoms with van der Waals surface area (Å²) in [5, 5.41) is 0. The minimum Gasteiger partial charge on any atom is -0.377 e. The van der Waals surface area contributed by atoms with Crippen LogP contribution in [-0.4, -0.2) is 49.5 Å². The molecule has 2 heterocycles. The van der Waals surface area contributed by atoms with Crippen molar-refractivity contribution in [3.63, 3.8) is 0 Å². The van der Waals surface area contributed by atoms with Crippen LogP contribution in [-0.2, 0) is 21.3 Å². The van der Waals surface area contributed by atoms with Crippen LogP contribution in [0.25, 0.3) is 10.2 Å². The van der Waals surface area contributed by atoms with Gasteiger partial charge < -0.3 is 9.30 Å². The fraction of sp³-hybridized carbons (Fsp3) is 0.364. The highest BCUT2D eigenvalue weighted by Gasteiger charge is 2.26. The van der Waals surface area contributed by atoms with Gasteiger partial charge in [-0.2, -0.15) is 9.30 Å². The number of aryl methyl sites for hydroxylation is 1. The van der Waals surface area contributed by atoms with E-state index in [1.54, 1.807) is 6.07 Å². The largest absolute Gasteiger partial charge is 0.377 e. The summed E-state index contributed by atoms with van der Waals surface area (Å²) >= 11 is 1.23. The molecular weight excluding hydrogens is 453 g/mol. The Labute approximate surface area is 189 Å². The van der Waals surface area contributed by atoms with E-state index in [1.165, 1.54) is 59.1 Å². The van der Waals surface area contributed by atoms with Crippen LogP contribution in [0.3, 0.4) is 0 Å². The van der Waals surface area contributed by atoms with Gasteiger partial charge in [0.2, 0.25) is 10.0 Å². The summed E-state index contributed by atoms with van der Waals surface area (Å²) in [4.78, 5) is 17.5. The fourth-order valence-electron chi connectivity index (χ4n) is 3.71. The maximum absolute atomic E-state index is 13.6. The number of hydrogen-bond acceptors (Lipinski definition) is 5. The third-order valence-electron chi connectivity index (χ3n) is 5.45. The first kappa shape index (κ1) is 22.8. The third-order valence-corrected chi connectivity index (χ3v) is 8.33. The first-order chi connectivity index (χ1) is 15.3. The number of ether oxygens (including phenoxy) is 1. The van der Waals surface area contributed by atoms with E-state index in [4.69, 9.17) is 4.74 Å². The van der Waals surface area contributed by atoms with Crippen LogP contribution in [0.4, 0.5) is 4.39 Å². The van der Waals surface area contributed by atoms with Crippen LogP contribution in [0.15, 0.2) is 52.4 Å². The number of hydrogen-bond donors (Lipinski definition) is 0. The van der Waals surface area contributed by atoms with Crippen LogP contribution >= 0.6 is 11.3 Å². The molecule has 1 aromatic heterocycles. The van der Waals surface area contributed by atoms with Crippen molar-refractivity contribution in [3.8, 4) is 0 Å². The van der Waals surface area contributed by atoms with Crippen LogP contribution in [0.2, 0.25) is 0 Å². The highest BCUT2D eigenvalue weighted by Crippen LogP contribution is 2.21. The normalized spacial score (nSPS) is 17.5. The van der Waals surface area contributed by atoms with Gasteiger partial charge >= 0.3 is 0 Å². The van der Waals surface area contributed by atoms with E-state index in [1.807, 2.05) is 11.5 Å². The van der Waals surface area contributed by atoms with Gasteiger partial charge in [0.25, 0.3) is 5.91 Å². The molecule has 0 saturated carbocycles. The Morgan fingerprint density at radius 1 is 1.28 bits per heavy atom. The van der Waals surface area contributed by atoms with Crippen LogP contribution < -0.4 is 4.80 Å². The van der Waals surface area contributed by atoms with Gasteiger partial charge in [-0.05, 0) is 62.2 Å². The molecule has 4 rings (SSSR count). The Balaban J connectivity index is 1.58. The first-order valence-electron chi connectivity index (χ1n) is 10.4. The number of sulfonamides is 1. The second-order valence-electron chi connectivity index (χ2n) is 7.60. The number of aromatic nitrogens is 1. The molecule has 1 unspecified atom stereocenters. The minimum absolute atomic E-state index is 0.0885. The molecule has 3 aromatic rings. The number of thiazole rings is 1. The third kappa shape index (κ3) is 4.54. The van der Waals surface area contributed by atoms with E-state index in [2.05, 4.69) is 4.99 Å². The summed E-state index contributed by atoms with van der Waals surface area (Å²) in [6.07, 6.45) is 1.69. The van der Waals surface area contributed by atoms with E-state index < -0.39 is 15.9 Å². The maximum atomic E-state index is 13.6. The molecule has 1 aliphatic heterocycles. The molecule has 0 aliphatic carbocycles. The Morgan fingerprint density at radius 3 is 2.69 bits per heavy atom. The SMILES string of the molecule is CCn1c(=NC(=O)c2ccc(S(=O)(=O)N(C)CC3CCCO3)cc2)sc2cc(F)ccc21. The lowest BCUT2D eigenvalue weighted by Crippen LogP contribution is -2.34. The lowest BCUT2D eigenvalue weighted by Gasteiger charge is -2.20. The summed E-state index contributed by atoms with van der Waals surface area (Å²) in [7, 11) is -2.16. The number of halogens is 1. The monoisotopic (exact) mass is 477 g/mol. The van der Waals surface area contributed by atoms with Gasteiger partial charge in [0, 0.05) is 32.3 Å². The molecular formula is C22H24FN3O4S2. The highest BCUT2D eigenvalue weighted by atomic mass is 32.2. The van der Waals surface area contributed by atoms with Crippen molar-refractivity contribution in [2.24, 2.45) is 4.99 Å². The number of fused-ring (bicyclic) bond motifs is 1. The summed E-state index contributed by atoms with van der Waals surface area (Å²) < 4.78 is 48.6. The number of carbonyl (C=O) groups is 1. The quantitative estimate of drug-likeness (QED) is 0.545. The van der Waals surface area contributed by atoms with E-state index in [9.17, 15) is 17.6 Å². The molecule has 0 bridgehead atoms. The molecule has 1 atom stereocenters. The zero-order chi connectivity index (χ0) is 22.9. The zero-order valence-corrected chi connectivity index (χ0v) is 19.5. The fourth-order valence-corrected chi connectivity index (χ4v) is 6.03. The van der Waals surface area contributed by atoms with E-state index in [0.717, 1.165) is 18.4 Å². The summed E-state index contributed by atoms with van der Waals surface area (Å²) in [5.74, 6) is -0.836. The Morgan fingerprint density at radius 2 is 2.03 bits per heavy atom. The molecule has 10 heteroatoms. The average Bonchev–Trinajstić information content (AvgIpc) is 3.40. The molecule has 32 heavy (non-hydrogen) atoms. The second-order valence-corrected chi connectivity index (χ2v) is 10.7. The maximum Gasteiger partial charge on any atom is 0.279 e. The molecule has 0 N–H and O–H groups in total. The summed E-state index contributed by atoms with van der Waals surface area (Å²) in [5.41, 5.74) is 1.08. The number of carbonyl (C=O) groups excluding carboxylic acids is 1. The Hall–Kier alpha value is -2.40. The lowest BCUT2D eigenvalue weighted by atomic mass is 10.2. The smallest absolute Gasteiger partial charge is 0.279 e. The predicted molar refractivity (Wildman–Crippen MR) is 121 cm³/mol. The lowest BCUT2D eigenvalue weighted by molar-refractivity contribution is 0.0979. The predicted octanol–water partition coefficient (Wildman–Crippen LogP) is 3.40. The topological polar surface area (TPSA) is 81.0 Å². The summed E-state index contributed by atoms with van der Waals surface area (Å²) in [6.45, 7) is 3.45. The van der Waals surface area contributed by atoms with Gasteiger partial charge in [0.15, 0.2) is 4.80 Å². The number of rotatable bonds is 6. The van der Waals surface area contributed by atoms with E-state index >= 15 is 0 Å². The molecule has 1 amide bonds. The molecule has 7 nitrogen and oxygen atoms in total. The van der Waals surface area contributed by atoms with Gasteiger partial charge in [-0.1, -0.05) is 11.3 Å². The Kier molecular flexibility index (Phi) is 6.57. The molecule has 0 spiro atoms. The van der Waals surface area contributed by atoms with Gasteiger partial charge in [0.05, 0.1) is 21.2 Å². The minimum atomic E-state index is -3.69. The molecule has 1 saturated heterocycles. The standard InChI is InChI=1S/C22H24FN3O4S2/c1-3-26-19-11-8-16(23)13-20(19)31-22(26)24-21(27)15-6-9-18(10-7-15)32(28,29)25(2)14-17-5-4-12-30-17/h6-11,13,17H,3-5,12,14H2,1-2H3. The number of nitrogens with zero attached hydrogens (tertiary/aromatic N) is 3. The summed E-state index contributed by atoms with van der Waals surface area (Å²) in [6, 6.07) is 10.2.